The monoisotopic (exact) mass is 399 g/mol. The second-order valence-electron chi connectivity index (χ2n) is 7.85. The van der Waals surface area contributed by atoms with Gasteiger partial charge in [-0.1, -0.05) is 0 Å². The summed E-state index contributed by atoms with van der Waals surface area (Å²) in [5, 5.41) is 9.89. The van der Waals surface area contributed by atoms with Crippen LogP contribution < -0.4 is 16.0 Å². The van der Waals surface area contributed by atoms with Crippen molar-refractivity contribution in [2.75, 3.05) is 13.2 Å². The molecule has 2 rings (SSSR count). The van der Waals surface area contributed by atoms with Gasteiger partial charge in [0, 0.05) is 6.07 Å². The molecule has 1 aliphatic heterocycles. The van der Waals surface area contributed by atoms with E-state index in [0.717, 1.165) is 12.1 Å². The van der Waals surface area contributed by atoms with Crippen LogP contribution in [0, 0.1) is 5.82 Å². The molecule has 0 spiro atoms. The molecule has 1 aromatic carbocycles. The van der Waals surface area contributed by atoms with Gasteiger partial charge >= 0.3 is 6.09 Å². The fourth-order valence-electron chi connectivity index (χ4n) is 2.79. The highest BCUT2D eigenvalue weighted by atomic mass is 19.1. The minimum absolute atomic E-state index is 0.110. The predicted octanol–water partition coefficient (Wildman–Crippen LogP) is 1.89. The number of hydrogen-bond donors (Lipinski definition) is 3. The molecule has 1 atom stereocenters. The van der Waals surface area contributed by atoms with Crippen molar-refractivity contribution in [2.45, 2.75) is 52.0 Å². The molecule has 9 nitrogen and oxygen atoms in total. The van der Waals surface area contributed by atoms with Crippen LogP contribution >= 0.6 is 0 Å². The number of halogens is 1. The molecule has 1 aromatic rings. The topological polar surface area (TPSA) is 123 Å². The number of carbonyl (C=O) groups excluding carboxylic acids is 2. The Bertz CT molecular complexity index is 762. The Hall–Kier alpha value is -2.59. The van der Waals surface area contributed by atoms with E-state index in [1.807, 2.05) is 5.43 Å². The van der Waals surface area contributed by atoms with Gasteiger partial charge in [-0.05, 0) is 40.7 Å². The molecule has 1 aliphatic rings. The van der Waals surface area contributed by atoms with Gasteiger partial charge in [-0.15, -0.1) is 0 Å². The number of phenolic OH excluding ortho intramolecular Hbond substituents is 1. The molecule has 1 fully saturated rings. The Balaban J connectivity index is 2.15. The van der Waals surface area contributed by atoms with Gasteiger partial charge in [-0.2, -0.15) is 0 Å². The molecule has 1 heterocycles. The predicted molar refractivity (Wildman–Crippen MR) is 97.1 cm³/mol. The van der Waals surface area contributed by atoms with Gasteiger partial charge in [-0.3, -0.25) is 15.1 Å². The van der Waals surface area contributed by atoms with Gasteiger partial charge in [-0.25, -0.2) is 15.0 Å². The lowest BCUT2D eigenvalue weighted by atomic mass is 10.1. The molecule has 2 amide bonds. The number of rotatable bonds is 4. The van der Waals surface area contributed by atoms with Gasteiger partial charge in [0.2, 0.25) is 0 Å². The summed E-state index contributed by atoms with van der Waals surface area (Å²) in [6.45, 7) is 8.72. The van der Waals surface area contributed by atoms with E-state index in [4.69, 9.17) is 20.1 Å². The first kappa shape index (κ1) is 21.7. The number of nitrogens with two attached hydrogens (primary N) is 1. The van der Waals surface area contributed by atoms with Crippen molar-refractivity contribution in [3.63, 3.8) is 0 Å². The first-order valence-corrected chi connectivity index (χ1v) is 8.68. The molecule has 0 aromatic heterocycles. The number of nitrogens with one attached hydrogen (secondary N) is 1. The normalized spacial score (nSPS) is 18.7. The number of amides is 2. The van der Waals surface area contributed by atoms with E-state index < -0.39 is 40.9 Å². The number of nitrogens with zero attached hydrogens (tertiary/aromatic N) is 1. The highest BCUT2D eigenvalue weighted by Crippen LogP contribution is 2.31. The molecule has 1 saturated heterocycles. The molecule has 156 valence electrons. The minimum atomic E-state index is -0.930. The van der Waals surface area contributed by atoms with Gasteiger partial charge in [0.1, 0.15) is 23.7 Å². The van der Waals surface area contributed by atoms with E-state index in [2.05, 4.69) is 0 Å². The zero-order valence-electron chi connectivity index (χ0n) is 16.5. The van der Waals surface area contributed by atoms with E-state index in [-0.39, 0.29) is 24.5 Å². The highest BCUT2D eigenvalue weighted by molar-refractivity contribution is 5.96. The number of carbonyl (C=O) groups is 2. The first-order chi connectivity index (χ1) is 12.9. The lowest BCUT2D eigenvalue weighted by Gasteiger charge is -2.35. The number of hydrogen-bond acceptors (Lipinski definition) is 7. The van der Waals surface area contributed by atoms with Crippen molar-refractivity contribution in [2.24, 2.45) is 5.84 Å². The Morgan fingerprint density at radius 2 is 2.07 bits per heavy atom. The van der Waals surface area contributed by atoms with Crippen LogP contribution in [0.3, 0.4) is 0 Å². The molecule has 4 N–H and O–H groups in total. The Kier molecular flexibility index (Phi) is 6.05. The lowest BCUT2D eigenvalue weighted by Crippen LogP contribution is -2.51. The van der Waals surface area contributed by atoms with Crippen LogP contribution in [0.4, 0.5) is 9.18 Å². The summed E-state index contributed by atoms with van der Waals surface area (Å²) in [6, 6.07) is 1.24. The van der Waals surface area contributed by atoms with Crippen LogP contribution in [-0.4, -0.2) is 52.6 Å². The number of nitrogen functional groups attached to an aromatic ring is 1. The second kappa shape index (κ2) is 7.80. The standard InChI is InChI=1S/C18H26FN3O6/c1-17(2,3)28-16(25)22-10(9-27-18(22,4)5)8-26-14-7-13(23)11(6-12(14)19)15(24)21-20/h6-7,10,23H,8-9,20H2,1-5H3,(H,21,24). The number of hydrazine groups is 1. The van der Waals surface area contributed by atoms with Crippen molar-refractivity contribution in [3.05, 3.63) is 23.5 Å². The zero-order chi connectivity index (χ0) is 21.3. The molecule has 0 saturated carbocycles. The smallest absolute Gasteiger partial charge is 0.413 e. The maximum absolute atomic E-state index is 14.2. The zero-order valence-corrected chi connectivity index (χ0v) is 16.5. The van der Waals surface area contributed by atoms with Crippen molar-refractivity contribution >= 4 is 12.0 Å². The minimum Gasteiger partial charge on any atom is -0.507 e. The molecule has 28 heavy (non-hydrogen) atoms. The Morgan fingerprint density at radius 3 is 2.64 bits per heavy atom. The summed E-state index contributed by atoms with van der Waals surface area (Å²) < 4.78 is 30.7. The molecule has 0 radical (unpaired) electrons. The van der Waals surface area contributed by atoms with Crippen LogP contribution in [0.2, 0.25) is 0 Å². The molecular formula is C18H26FN3O6. The quantitative estimate of drug-likeness (QED) is 0.401. The van der Waals surface area contributed by atoms with Crippen LogP contribution in [0.25, 0.3) is 0 Å². The van der Waals surface area contributed by atoms with Gasteiger partial charge in [0.25, 0.3) is 5.91 Å². The maximum atomic E-state index is 14.2. The summed E-state index contributed by atoms with van der Waals surface area (Å²) in [4.78, 5) is 25.5. The van der Waals surface area contributed by atoms with Crippen molar-refractivity contribution < 1.29 is 33.3 Å². The summed E-state index contributed by atoms with van der Waals surface area (Å²) >= 11 is 0. The van der Waals surface area contributed by atoms with Crippen LogP contribution in [0.5, 0.6) is 11.5 Å². The fourth-order valence-corrected chi connectivity index (χ4v) is 2.79. The first-order valence-electron chi connectivity index (χ1n) is 8.68. The fraction of sp³-hybridized carbons (Fsp3) is 0.556. The van der Waals surface area contributed by atoms with Gasteiger partial charge in [0.15, 0.2) is 11.6 Å². The second-order valence-corrected chi connectivity index (χ2v) is 7.85. The molecule has 0 bridgehead atoms. The maximum Gasteiger partial charge on any atom is 0.413 e. The van der Waals surface area contributed by atoms with E-state index in [0.29, 0.717) is 0 Å². The van der Waals surface area contributed by atoms with E-state index in [9.17, 15) is 19.1 Å². The number of phenols is 1. The molecule has 10 heteroatoms. The third kappa shape index (κ3) is 4.82. The van der Waals surface area contributed by atoms with Crippen molar-refractivity contribution in [1.82, 2.24) is 10.3 Å². The lowest BCUT2D eigenvalue weighted by molar-refractivity contribution is -0.0637. The Labute approximate surface area is 162 Å². The largest absolute Gasteiger partial charge is 0.507 e. The number of benzene rings is 1. The Morgan fingerprint density at radius 1 is 1.43 bits per heavy atom. The summed E-state index contributed by atoms with van der Waals surface area (Å²) in [7, 11) is 0. The third-order valence-electron chi connectivity index (χ3n) is 4.02. The third-order valence-corrected chi connectivity index (χ3v) is 4.02. The SMILES string of the molecule is CC(C)(C)OC(=O)N1C(COc2cc(O)c(C(=O)NN)cc2F)COC1(C)C. The van der Waals surface area contributed by atoms with E-state index in [1.54, 1.807) is 34.6 Å². The number of ether oxygens (including phenoxy) is 3. The average Bonchev–Trinajstić information content (AvgIpc) is 2.87. The van der Waals surface area contributed by atoms with Gasteiger partial charge in [0.05, 0.1) is 18.2 Å². The molecule has 1 unspecified atom stereocenters. The van der Waals surface area contributed by atoms with Crippen LogP contribution in [0.15, 0.2) is 12.1 Å². The number of aromatic hydroxyl groups is 1. The average molecular weight is 399 g/mol. The summed E-state index contributed by atoms with van der Waals surface area (Å²) in [5.41, 5.74) is -0.142. The highest BCUT2D eigenvalue weighted by Gasteiger charge is 2.46. The van der Waals surface area contributed by atoms with E-state index in [1.165, 1.54) is 4.90 Å². The van der Waals surface area contributed by atoms with Crippen LogP contribution in [-0.2, 0) is 9.47 Å². The molecule has 0 aliphatic carbocycles. The van der Waals surface area contributed by atoms with Crippen LogP contribution in [0.1, 0.15) is 45.0 Å². The molecular weight excluding hydrogens is 373 g/mol. The van der Waals surface area contributed by atoms with Gasteiger partial charge < -0.3 is 19.3 Å². The summed E-state index contributed by atoms with van der Waals surface area (Å²) in [6.07, 6.45) is -0.582. The van der Waals surface area contributed by atoms with Crippen molar-refractivity contribution in [3.8, 4) is 11.5 Å². The van der Waals surface area contributed by atoms with Crippen molar-refractivity contribution in [1.29, 1.82) is 0 Å². The van der Waals surface area contributed by atoms with E-state index >= 15 is 0 Å². The summed E-state index contributed by atoms with van der Waals surface area (Å²) in [5.74, 6) is 2.51.